The number of benzene rings is 1. The molecule has 20 heavy (non-hydrogen) atoms. The lowest BCUT2D eigenvalue weighted by Crippen LogP contribution is -2.08. The van der Waals surface area contributed by atoms with Crippen LogP contribution in [0.4, 0.5) is 0 Å². The molecule has 3 rings (SSSR count). The van der Waals surface area contributed by atoms with E-state index in [9.17, 15) is 0 Å². The Hall–Kier alpha value is -2.28. The van der Waals surface area contributed by atoms with Crippen LogP contribution >= 0.6 is 0 Å². The van der Waals surface area contributed by atoms with E-state index in [1.54, 1.807) is 6.92 Å². The summed E-state index contributed by atoms with van der Waals surface area (Å²) in [4.78, 5) is 4.10. The zero-order valence-electron chi connectivity index (χ0n) is 11.3. The Kier molecular flexibility index (Phi) is 3.42. The summed E-state index contributed by atoms with van der Waals surface area (Å²) < 4.78 is 21.4. The summed E-state index contributed by atoms with van der Waals surface area (Å²) in [7, 11) is 1.87. The van der Waals surface area contributed by atoms with Crippen molar-refractivity contribution in [1.29, 1.82) is 0 Å². The van der Waals surface area contributed by atoms with Crippen molar-refractivity contribution < 1.29 is 18.7 Å². The molecular formula is C13H15N3O4. The molecule has 0 radical (unpaired) electrons. The Morgan fingerprint density at radius 3 is 2.80 bits per heavy atom. The molecule has 1 aliphatic rings. The van der Waals surface area contributed by atoms with Crippen molar-refractivity contribution in [2.45, 2.75) is 20.1 Å². The summed E-state index contributed by atoms with van der Waals surface area (Å²) in [6.45, 7) is 2.89. The second-order valence-electron chi connectivity index (χ2n) is 4.36. The predicted octanol–water partition coefficient (Wildman–Crippen LogP) is 1.41. The third-order valence-corrected chi connectivity index (χ3v) is 2.85. The normalized spacial score (nSPS) is 12.7. The molecule has 0 aliphatic carbocycles. The molecule has 0 saturated heterocycles. The summed E-state index contributed by atoms with van der Waals surface area (Å²) in [6.07, 6.45) is 0. The molecule has 106 valence electrons. The molecule has 2 aromatic rings. The van der Waals surface area contributed by atoms with Gasteiger partial charge < -0.3 is 24.1 Å². The maximum absolute atomic E-state index is 5.75. The maximum atomic E-state index is 5.75. The standard InChI is InChI=1S/C13H15N3O4/c1-8-15-13(16-20-8)6-17-10-4-12-11(18-7-19-12)3-9(10)5-14-2/h3-4,14H,5-7H2,1-2H3. The van der Waals surface area contributed by atoms with Crippen LogP contribution in [0.1, 0.15) is 17.3 Å². The largest absolute Gasteiger partial charge is 0.485 e. The van der Waals surface area contributed by atoms with Crippen molar-refractivity contribution in [3.8, 4) is 17.2 Å². The topological polar surface area (TPSA) is 78.6 Å². The second kappa shape index (κ2) is 5.38. The van der Waals surface area contributed by atoms with Gasteiger partial charge in [-0.1, -0.05) is 5.16 Å². The molecule has 0 spiro atoms. The molecule has 7 heteroatoms. The number of rotatable bonds is 5. The lowest BCUT2D eigenvalue weighted by atomic mass is 10.1. The molecule has 0 saturated carbocycles. The highest BCUT2D eigenvalue weighted by molar-refractivity contribution is 5.51. The fourth-order valence-electron chi connectivity index (χ4n) is 1.97. The van der Waals surface area contributed by atoms with Crippen LogP contribution in [-0.2, 0) is 13.2 Å². The summed E-state index contributed by atoms with van der Waals surface area (Å²) >= 11 is 0. The fraction of sp³-hybridized carbons (Fsp3) is 0.385. The van der Waals surface area contributed by atoms with Crippen molar-refractivity contribution in [2.75, 3.05) is 13.8 Å². The van der Waals surface area contributed by atoms with E-state index in [1.807, 2.05) is 19.2 Å². The molecular weight excluding hydrogens is 262 g/mol. The average Bonchev–Trinajstić information content (AvgIpc) is 3.04. The van der Waals surface area contributed by atoms with Crippen molar-refractivity contribution in [1.82, 2.24) is 15.5 Å². The number of nitrogens with one attached hydrogen (secondary N) is 1. The molecule has 0 atom stereocenters. The van der Waals surface area contributed by atoms with Gasteiger partial charge in [0.25, 0.3) is 0 Å². The van der Waals surface area contributed by atoms with Gasteiger partial charge in [0.1, 0.15) is 5.75 Å². The Labute approximate surface area is 115 Å². The number of aryl methyl sites for hydroxylation is 1. The van der Waals surface area contributed by atoms with E-state index in [0.29, 0.717) is 29.8 Å². The van der Waals surface area contributed by atoms with Gasteiger partial charge in [-0.05, 0) is 13.1 Å². The first-order valence-corrected chi connectivity index (χ1v) is 6.25. The first-order chi connectivity index (χ1) is 9.76. The lowest BCUT2D eigenvalue weighted by Gasteiger charge is -2.11. The molecule has 1 N–H and O–H groups in total. The highest BCUT2D eigenvalue weighted by Crippen LogP contribution is 2.38. The first kappa shape index (κ1) is 12.7. The fourth-order valence-corrected chi connectivity index (χ4v) is 1.97. The van der Waals surface area contributed by atoms with E-state index in [2.05, 4.69) is 15.5 Å². The molecule has 1 aromatic heterocycles. The van der Waals surface area contributed by atoms with Gasteiger partial charge in [-0.2, -0.15) is 4.98 Å². The van der Waals surface area contributed by atoms with E-state index in [0.717, 1.165) is 11.3 Å². The number of fused-ring (bicyclic) bond motifs is 1. The quantitative estimate of drug-likeness (QED) is 0.885. The van der Waals surface area contributed by atoms with Gasteiger partial charge in [0, 0.05) is 25.1 Å². The lowest BCUT2D eigenvalue weighted by molar-refractivity contribution is 0.173. The second-order valence-corrected chi connectivity index (χ2v) is 4.36. The minimum Gasteiger partial charge on any atom is -0.485 e. The number of ether oxygens (including phenoxy) is 3. The first-order valence-electron chi connectivity index (χ1n) is 6.25. The van der Waals surface area contributed by atoms with E-state index in [4.69, 9.17) is 18.7 Å². The Bertz CT molecular complexity index is 612. The minimum atomic E-state index is 0.238. The van der Waals surface area contributed by atoms with Crippen LogP contribution in [-0.4, -0.2) is 24.0 Å². The Morgan fingerprint density at radius 2 is 2.10 bits per heavy atom. The van der Waals surface area contributed by atoms with Gasteiger partial charge in [-0.25, -0.2) is 0 Å². The maximum Gasteiger partial charge on any atom is 0.231 e. The summed E-state index contributed by atoms with van der Waals surface area (Å²) in [5.74, 6) is 3.16. The number of aromatic nitrogens is 2. The third kappa shape index (κ3) is 2.53. The zero-order valence-corrected chi connectivity index (χ0v) is 11.3. The van der Waals surface area contributed by atoms with Crippen LogP contribution in [0.3, 0.4) is 0 Å². The Balaban J connectivity index is 1.80. The molecule has 0 amide bonds. The van der Waals surface area contributed by atoms with Crippen LogP contribution < -0.4 is 19.5 Å². The molecule has 0 fully saturated rings. The monoisotopic (exact) mass is 277 g/mol. The van der Waals surface area contributed by atoms with E-state index < -0.39 is 0 Å². The van der Waals surface area contributed by atoms with Gasteiger partial charge in [0.2, 0.25) is 18.5 Å². The van der Waals surface area contributed by atoms with Gasteiger partial charge in [0.05, 0.1) is 0 Å². The Morgan fingerprint density at radius 1 is 1.30 bits per heavy atom. The van der Waals surface area contributed by atoms with Crippen molar-refractivity contribution >= 4 is 0 Å². The average molecular weight is 277 g/mol. The number of hydrogen-bond donors (Lipinski definition) is 1. The van der Waals surface area contributed by atoms with Crippen LogP contribution in [0, 0.1) is 6.92 Å². The van der Waals surface area contributed by atoms with Crippen LogP contribution in [0.25, 0.3) is 0 Å². The number of hydrogen-bond acceptors (Lipinski definition) is 7. The van der Waals surface area contributed by atoms with E-state index in [-0.39, 0.29) is 13.4 Å². The summed E-state index contributed by atoms with van der Waals surface area (Å²) in [5, 5.41) is 6.89. The van der Waals surface area contributed by atoms with Gasteiger partial charge >= 0.3 is 0 Å². The van der Waals surface area contributed by atoms with E-state index >= 15 is 0 Å². The summed E-state index contributed by atoms with van der Waals surface area (Å²) in [5.41, 5.74) is 0.983. The molecule has 0 unspecified atom stereocenters. The van der Waals surface area contributed by atoms with Crippen LogP contribution in [0.5, 0.6) is 17.2 Å². The zero-order chi connectivity index (χ0) is 13.9. The van der Waals surface area contributed by atoms with Crippen molar-refractivity contribution in [3.63, 3.8) is 0 Å². The van der Waals surface area contributed by atoms with Crippen molar-refractivity contribution in [3.05, 3.63) is 29.4 Å². The molecule has 7 nitrogen and oxygen atoms in total. The summed E-state index contributed by atoms with van der Waals surface area (Å²) in [6, 6.07) is 3.73. The molecule has 2 heterocycles. The van der Waals surface area contributed by atoms with Crippen LogP contribution in [0.2, 0.25) is 0 Å². The van der Waals surface area contributed by atoms with Gasteiger partial charge in [0.15, 0.2) is 18.1 Å². The van der Waals surface area contributed by atoms with Crippen LogP contribution in [0.15, 0.2) is 16.7 Å². The molecule has 0 bridgehead atoms. The molecule has 1 aliphatic heterocycles. The van der Waals surface area contributed by atoms with Gasteiger partial charge in [-0.3, -0.25) is 0 Å². The smallest absolute Gasteiger partial charge is 0.231 e. The predicted molar refractivity (Wildman–Crippen MR) is 68.7 cm³/mol. The minimum absolute atomic E-state index is 0.238. The highest BCUT2D eigenvalue weighted by Gasteiger charge is 2.18. The number of nitrogens with zero attached hydrogens (tertiary/aromatic N) is 2. The third-order valence-electron chi connectivity index (χ3n) is 2.85. The molecule has 1 aromatic carbocycles. The highest BCUT2D eigenvalue weighted by atomic mass is 16.7. The van der Waals surface area contributed by atoms with Gasteiger partial charge in [-0.15, -0.1) is 0 Å². The SMILES string of the molecule is CNCc1cc2c(cc1OCc1noc(C)n1)OCO2. The van der Waals surface area contributed by atoms with Crippen molar-refractivity contribution in [2.24, 2.45) is 0 Å². The van der Waals surface area contributed by atoms with E-state index in [1.165, 1.54) is 0 Å².